The van der Waals surface area contributed by atoms with Gasteiger partial charge in [0.2, 0.25) is 5.91 Å². The van der Waals surface area contributed by atoms with Crippen LogP contribution in [0.2, 0.25) is 0 Å². The van der Waals surface area contributed by atoms with E-state index < -0.39 is 5.97 Å². The van der Waals surface area contributed by atoms with Crippen LogP contribution in [0, 0.1) is 11.8 Å². The second kappa shape index (κ2) is 6.65. The van der Waals surface area contributed by atoms with E-state index in [0.29, 0.717) is 11.8 Å². The van der Waals surface area contributed by atoms with E-state index in [1.165, 1.54) is 37.0 Å². The van der Waals surface area contributed by atoms with Crippen molar-refractivity contribution in [3.8, 4) is 0 Å². The van der Waals surface area contributed by atoms with Crippen molar-refractivity contribution in [1.82, 2.24) is 4.90 Å². The maximum atomic E-state index is 12.5. The van der Waals surface area contributed by atoms with Gasteiger partial charge in [0.05, 0.1) is 6.42 Å². The molecule has 22 heavy (non-hydrogen) atoms. The van der Waals surface area contributed by atoms with Gasteiger partial charge in [0.25, 0.3) is 0 Å². The van der Waals surface area contributed by atoms with E-state index in [-0.39, 0.29) is 17.9 Å². The van der Waals surface area contributed by atoms with Gasteiger partial charge in [-0.3, -0.25) is 4.79 Å². The Morgan fingerprint density at radius 1 is 1.27 bits per heavy atom. The Labute approximate surface area is 134 Å². The second-order valence-corrected chi connectivity index (χ2v) is 7.25. The second-order valence-electron chi connectivity index (χ2n) is 6.27. The molecule has 1 saturated heterocycles. The number of carbonyl (C=O) groups is 2. The molecule has 2 aliphatic rings. The summed E-state index contributed by atoms with van der Waals surface area (Å²) in [6.45, 7) is 1.63. The van der Waals surface area contributed by atoms with Crippen molar-refractivity contribution < 1.29 is 14.7 Å². The van der Waals surface area contributed by atoms with Crippen LogP contribution in [-0.4, -0.2) is 35.0 Å². The maximum Gasteiger partial charge on any atom is 0.332 e. The van der Waals surface area contributed by atoms with Gasteiger partial charge in [-0.1, -0.05) is 18.9 Å². The summed E-state index contributed by atoms with van der Waals surface area (Å²) in [5.74, 6) is 0.220. The van der Waals surface area contributed by atoms with Crippen molar-refractivity contribution in [3.63, 3.8) is 0 Å². The Balaban J connectivity index is 1.66. The Kier molecular flexibility index (Phi) is 4.62. The minimum atomic E-state index is -1.00. The van der Waals surface area contributed by atoms with Crippen molar-refractivity contribution in [1.29, 1.82) is 0 Å². The zero-order valence-corrected chi connectivity index (χ0v) is 13.3. The molecule has 0 bridgehead atoms. The number of carboxylic acid groups (broad SMARTS) is 1. The molecule has 3 rings (SSSR count). The summed E-state index contributed by atoms with van der Waals surface area (Å²) in [7, 11) is 0. The first kappa shape index (κ1) is 15.3. The normalized spacial score (nSPS) is 25.1. The van der Waals surface area contributed by atoms with Crippen LogP contribution in [0.3, 0.4) is 0 Å². The van der Waals surface area contributed by atoms with Gasteiger partial charge in [-0.05, 0) is 42.2 Å². The summed E-state index contributed by atoms with van der Waals surface area (Å²) in [4.78, 5) is 26.6. The summed E-state index contributed by atoms with van der Waals surface area (Å²) in [5, 5.41) is 11.2. The van der Waals surface area contributed by atoms with Crippen molar-refractivity contribution in [3.05, 3.63) is 28.0 Å². The molecule has 1 saturated carbocycles. The lowest BCUT2D eigenvalue weighted by atomic mass is 9.82. The molecule has 4 nitrogen and oxygen atoms in total. The fourth-order valence-corrected chi connectivity index (χ4v) is 4.30. The van der Waals surface area contributed by atoms with Crippen LogP contribution in [0.4, 0.5) is 0 Å². The first-order chi connectivity index (χ1) is 10.6. The van der Waals surface area contributed by atoms with Crippen LogP contribution in [0.15, 0.2) is 23.1 Å². The highest BCUT2D eigenvalue weighted by molar-refractivity contribution is 7.10. The first-order valence-electron chi connectivity index (χ1n) is 7.88. The van der Waals surface area contributed by atoms with E-state index >= 15 is 0 Å². The molecule has 0 unspecified atom stereocenters. The number of rotatable bonds is 4. The number of thiophene rings is 1. The number of carbonyl (C=O) groups excluding carboxylic acids is 1. The van der Waals surface area contributed by atoms with E-state index in [1.807, 2.05) is 22.4 Å². The topological polar surface area (TPSA) is 57.6 Å². The van der Waals surface area contributed by atoms with Crippen LogP contribution >= 0.6 is 11.3 Å². The Morgan fingerprint density at radius 2 is 1.95 bits per heavy atom. The third-order valence-electron chi connectivity index (χ3n) is 4.81. The van der Waals surface area contributed by atoms with Gasteiger partial charge in [0.1, 0.15) is 0 Å². The van der Waals surface area contributed by atoms with Crippen molar-refractivity contribution in [2.24, 2.45) is 11.8 Å². The van der Waals surface area contributed by atoms with Crippen LogP contribution in [0.5, 0.6) is 0 Å². The third-order valence-corrected chi connectivity index (χ3v) is 5.62. The molecule has 1 aromatic heterocycles. The molecule has 2 fully saturated rings. The molecule has 2 atom stereocenters. The molecule has 2 heterocycles. The number of hydrogen-bond donors (Lipinski definition) is 1. The smallest absolute Gasteiger partial charge is 0.332 e. The van der Waals surface area contributed by atoms with Crippen molar-refractivity contribution >= 4 is 29.3 Å². The Bertz CT molecular complexity index is 565. The highest BCUT2D eigenvalue weighted by Crippen LogP contribution is 2.36. The predicted octanol–water partition coefficient (Wildman–Crippen LogP) is 3.25. The summed E-state index contributed by atoms with van der Waals surface area (Å²) in [5.41, 5.74) is 0.183. The van der Waals surface area contributed by atoms with Gasteiger partial charge in [0.15, 0.2) is 0 Å². The van der Waals surface area contributed by atoms with Gasteiger partial charge >= 0.3 is 5.97 Å². The number of carboxylic acids is 1. The highest BCUT2D eigenvalue weighted by atomic mass is 32.1. The number of hydrogen-bond acceptors (Lipinski definition) is 3. The fraction of sp³-hybridized carbons (Fsp3) is 0.529. The van der Waals surface area contributed by atoms with Crippen molar-refractivity contribution in [2.75, 3.05) is 13.1 Å². The number of nitrogens with zero attached hydrogens (tertiary/aromatic N) is 1. The minimum Gasteiger partial charge on any atom is -0.478 e. The van der Waals surface area contributed by atoms with Crippen LogP contribution in [0.1, 0.15) is 37.0 Å². The number of fused-ring (bicyclic) bond motifs is 1. The van der Waals surface area contributed by atoms with Crippen LogP contribution in [-0.2, 0) is 9.59 Å². The molecule has 0 radical (unpaired) electrons. The van der Waals surface area contributed by atoms with Gasteiger partial charge < -0.3 is 10.0 Å². The Hall–Kier alpha value is -1.62. The lowest BCUT2D eigenvalue weighted by Gasteiger charge is -2.22. The predicted molar refractivity (Wildman–Crippen MR) is 86.6 cm³/mol. The Morgan fingerprint density at radius 3 is 2.50 bits per heavy atom. The molecular weight excluding hydrogens is 298 g/mol. The average Bonchev–Trinajstić information content (AvgIpc) is 3.15. The number of amides is 1. The lowest BCUT2D eigenvalue weighted by molar-refractivity contribution is -0.136. The average molecular weight is 319 g/mol. The van der Waals surface area contributed by atoms with E-state index in [4.69, 9.17) is 0 Å². The minimum absolute atomic E-state index is 0.00727. The summed E-state index contributed by atoms with van der Waals surface area (Å²) >= 11 is 1.48. The van der Waals surface area contributed by atoms with Crippen LogP contribution in [0.25, 0.3) is 6.08 Å². The van der Waals surface area contributed by atoms with Crippen molar-refractivity contribution in [2.45, 2.75) is 32.1 Å². The third kappa shape index (κ3) is 3.40. The standard InChI is InChI=1S/C17H21NO3S/c19-16(18-10-12-4-1-2-5-13(12)11-18)9-14(17(20)21)8-15-6-3-7-22-15/h3,6-8,12-13H,1-2,4-5,9-11H2,(H,20,21)/b14-8+/t12-,13+. The number of likely N-dealkylation sites (tertiary alicyclic amines) is 1. The van der Waals surface area contributed by atoms with Gasteiger partial charge in [-0.2, -0.15) is 0 Å². The molecule has 1 N–H and O–H groups in total. The molecule has 1 aliphatic heterocycles. The van der Waals surface area contributed by atoms with Crippen LogP contribution < -0.4 is 0 Å². The highest BCUT2D eigenvalue weighted by Gasteiger charge is 2.36. The zero-order chi connectivity index (χ0) is 15.5. The summed E-state index contributed by atoms with van der Waals surface area (Å²) < 4.78 is 0. The quantitative estimate of drug-likeness (QED) is 0.867. The summed E-state index contributed by atoms with van der Waals surface area (Å²) in [6.07, 6.45) is 6.57. The lowest BCUT2D eigenvalue weighted by Crippen LogP contribution is -2.29. The van der Waals surface area contributed by atoms with E-state index in [0.717, 1.165) is 18.0 Å². The molecule has 1 aromatic rings. The fourth-order valence-electron chi connectivity index (χ4n) is 3.62. The molecule has 5 heteroatoms. The largest absolute Gasteiger partial charge is 0.478 e. The zero-order valence-electron chi connectivity index (χ0n) is 12.5. The first-order valence-corrected chi connectivity index (χ1v) is 8.76. The monoisotopic (exact) mass is 319 g/mol. The SMILES string of the molecule is O=C(O)/C(=C/c1cccs1)CC(=O)N1C[C@H]2CCCC[C@H]2C1. The summed E-state index contributed by atoms with van der Waals surface area (Å²) in [6, 6.07) is 3.74. The van der Waals surface area contributed by atoms with Gasteiger partial charge in [-0.15, -0.1) is 11.3 Å². The number of aliphatic carboxylic acids is 1. The molecule has 0 spiro atoms. The van der Waals surface area contributed by atoms with E-state index in [9.17, 15) is 14.7 Å². The maximum absolute atomic E-state index is 12.5. The van der Waals surface area contributed by atoms with E-state index in [2.05, 4.69) is 0 Å². The van der Waals surface area contributed by atoms with Gasteiger partial charge in [0, 0.05) is 23.5 Å². The van der Waals surface area contributed by atoms with E-state index in [1.54, 1.807) is 6.08 Å². The van der Waals surface area contributed by atoms with Gasteiger partial charge in [-0.25, -0.2) is 4.79 Å². The molecule has 1 amide bonds. The molecule has 0 aromatic carbocycles. The molecule has 118 valence electrons. The molecular formula is C17H21NO3S. The molecule has 1 aliphatic carbocycles.